The molecule has 0 spiro atoms. The molecule has 1 aromatic rings. The average Bonchev–Trinajstić information content (AvgIpc) is 2.42. The van der Waals surface area contributed by atoms with E-state index in [1.807, 2.05) is 0 Å². The number of nitrogens with two attached hydrogens (primary N) is 1. The summed E-state index contributed by atoms with van der Waals surface area (Å²) in [5.74, 6) is -0.0467. The lowest BCUT2D eigenvalue weighted by molar-refractivity contribution is -0.178. The van der Waals surface area contributed by atoms with Gasteiger partial charge in [0.05, 0.1) is 6.61 Å². The van der Waals surface area contributed by atoms with Crippen LogP contribution >= 0.6 is 11.8 Å². The van der Waals surface area contributed by atoms with Crippen LogP contribution in [0.2, 0.25) is 0 Å². The summed E-state index contributed by atoms with van der Waals surface area (Å²) >= 11 is 1.22. The molecular formula is C10H16N4O5S. The van der Waals surface area contributed by atoms with Gasteiger partial charge in [0.25, 0.3) is 5.56 Å². The number of hydrogen-bond donors (Lipinski definition) is 6. The number of nitrogens with one attached hydrogen (secondary N) is 2. The molecule has 7 N–H and O–H groups in total. The molecular weight excluding hydrogens is 288 g/mol. The van der Waals surface area contributed by atoms with Crippen molar-refractivity contribution in [2.45, 2.75) is 29.7 Å². The maximum Gasteiger partial charge on any atom is 0.277 e. The second-order valence-corrected chi connectivity index (χ2v) is 5.08. The van der Waals surface area contributed by atoms with E-state index in [4.69, 9.17) is 10.5 Å². The summed E-state index contributed by atoms with van der Waals surface area (Å²) in [6.07, 6.45) is -3.30. The number of aromatic nitrogens is 2. The van der Waals surface area contributed by atoms with Crippen LogP contribution in [0.5, 0.6) is 0 Å². The SMILES string of the molecule is CSc1nc(N)c(N[C@H]2OC[C@@H](O)[C@@H](O)[C@@H]2O)c(=O)[nH]1. The van der Waals surface area contributed by atoms with Crippen molar-refractivity contribution < 1.29 is 20.1 Å². The van der Waals surface area contributed by atoms with Gasteiger partial charge in [-0.05, 0) is 6.26 Å². The number of aliphatic hydroxyl groups is 3. The van der Waals surface area contributed by atoms with E-state index in [-0.39, 0.29) is 18.1 Å². The summed E-state index contributed by atoms with van der Waals surface area (Å²) in [4.78, 5) is 18.3. The van der Waals surface area contributed by atoms with Crippen LogP contribution in [0, 0.1) is 0 Å². The Bertz CT molecular complexity index is 539. The summed E-state index contributed by atoms with van der Waals surface area (Å²) in [6, 6.07) is 0. The third kappa shape index (κ3) is 2.88. The molecule has 20 heavy (non-hydrogen) atoms. The van der Waals surface area contributed by atoms with Gasteiger partial charge in [-0.1, -0.05) is 11.8 Å². The van der Waals surface area contributed by atoms with Gasteiger partial charge in [-0.25, -0.2) is 4.98 Å². The zero-order valence-electron chi connectivity index (χ0n) is 10.6. The van der Waals surface area contributed by atoms with E-state index in [9.17, 15) is 20.1 Å². The Morgan fingerprint density at radius 1 is 1.45 bits per heavy atom. The number of thioether (sulfide) groups is 1. The molecule has 1 fully saturated rings. The molecule has 10 heteroatoms. The summed E-state index contributed by atoms with van der Waals surface area (Å²) in [7, 11) is 0. The topological polar surface area (TPSA) is 154 Å². The van der Waals surface area contributed by atoms with Crippen LogP contribution in [0.1, 0.15) is 0 Å². The molecule has 0 radical (unpaired) electrons. The van der Waals surface area contributed by atoms with Gasteiger partial charge in [-0.2, -0.15) is 0 Å². The Kier molecular flexibility index (Phi) is 4.50. The lowest BCUT2D eigenvalue weighted by atomic mass is 10.0. The van der Waals surface area contributed by atoms with Crippen LogP contribution in [0.15, 0.2) is 9.95 Å². The molecule has 0 bridgehead atoms. The number of H-pyrrole nitrogens is 1. The standard InChI is InChI=1S/C10H16N4O5S/c1-20-10-13-7(11)4(8(18)14-10)12-9-6(17)5(16)3(15)2-19-9/h3,5-6,9,12,15-17H,2H2,1H3,(H3,11,13,14,18)/t3-,5-,6+,9+/m1/s1. The molecule has 0 aromatic carbocycles. The number of aromatic amines is 1. The molecule has 0 unspecified atom stereocenters. The van der Waals surface area contributed by atoms with Crippen molar-refractivity contribution in [2.24, 2.45) is 0 Å². The molecule has 4 atom stereocenters. The summed E-state index contributed by atoms with van der Waals surface area (Å²) in [5, 5.41) is 31.6. The van der Waals surface area contributed by atoms with Gasteiger partial charge in [0.2, 0.25) is 0 Å². The van der Waals surface area contributed by atoms with E-state index in [1.165, 1.54) is 11.8 Å². The van der Waals surface area contributed by atoms with Gasteiger partial charge in [0, 0.05) is 0 Å². The largest absolute Gasteiger partial charge is 0.388 e. The second-order valence-electron chi connectivity index (χ2n) is 4.28. The average molecular weight is 304 g/mol. The van der Waals surface area contributed by atoms with Crippen molar-refractivity contribution in [1.82, 2.24) is 9.97 Å². The highest BCUT2D eigenvalue weighted by Gasteiger charge is 2.38. The fourth-order valence-corrected chi connectivity index (χ4v) is 2.17. The fraction of sp³-hybridized carbons (Fsp3) is 0.600. The number of rotatable bonds is 3. The predicted molar refractivity (Wildman–Crippen MR) is 72.4 cm³/mol. The Hall–Kier alpha value is -1.33. The zero-order valence-corrected chi connectivity index (χ0v) is 11.4. The number of nitrogens with zero attached hydrogens (tertiary/aromatic N) is 1. The highest BCUT2D eigenvalue weighted by molar-refractivity contribution is 7.98. The van der Waals surface area contributed by atoms with Gasteiger partial charge in [0.1, 0.15) is 24.0 Å². The quantitative estimate of drug-likeness (QED) is 0.273. The number of nitrogen functional groups attached to an aromatic ring is 1. The first kappa shape index (κ1) is 15.1. The van der Waals surface area contributed by atoms with Crippen molar-refractivity contribution in [3.05, 3.63) is 10.4 Å². The monoisotopic (exact) mass is 304 g/mol. The number of hydrogen-bond acceptors (Lipinski definition) is 9. The van der Waals surface area contributed by atoms with Crippen LogP contribution < -0.4 is 16.6 Å². The highest BCUT2D eigenvalue weighted by atomic mass is 32.2. The molecule has 9 nitrogen and oxygen atoms in total. The van der Waals surface area contributed by atoms with Crippen LogP contribution in [0.25, 0.3) is 0 Å². The van der Waals surface area contributed by atoms with Crippen LogP contribution in [0.4, 0.5) is 11.5 Å². The summed E-state index contributed by atoms with van der Waals surface area (Å²) in [5.41, 5.74) is 5.09. The zero-order chi connectivity index (χ0) is 14.9. The van der Waals surface area contributed by atoms with E-state index in [2.05, 4.69) is 15.3 Å². The molecule has 112 valence electrons. The van der Waals surface area contributed by atoms with Gasteiger partial charge < -0.3 is 31.1 Å². The number of aliphatic hydroxyl groups excluding tert-OH is 3. The normalized spacial score (nSPS) is 30.2. The fourth-order valence-electron chi connectivity index (χ4n) is 1.78. The molecule has 1 saturated heterocycles. The number of anilines is 2. The van der Waals surface area contributed by atoms with E-state index >= 15 is 0 Å². The lowest BCUT2D eigenvalue weighted by Crippen LogP contribution is -2.55. The van der Waals surface area contributed by atoms with Gasteiger partial charge in [0.15, 0.2) is 17.2 Å². The smallest absolute Gasteiger partial charge is 0.277 e. The molecule has 1 aromatic heterocycles. The molecule has 0 saturated carbocycles. The molecule has 2 rings (SSSR count). The Morgan fingerprint density at radius 2 is 2.15 bits per heavy atom. The van der Waals surface area contributed by atoms with Crippen molar-refractivity contribution in [2.75, 3.05) is 23.9 Å². The molecule has 1 aliphatic heterocycles. The minimum atomic E-state index is -1.40. The highest BCUT2D eigenvalue weighted by Crippen LogP contribution is 2.20. The van der Waals surface area contributed by atoms with E-state index in [0.29, 0.717) is 5.16 Å². The van der Waals surface area contributed by atoms with Gasteiger partial charge in [-0.3, -0.25) is 9.78 Å². The second kappa shape index (κ2) is 5.97. The first-order chi connectivity index (χ1) is 9.43. The number of ether oxygens (including phenoxy) is 1. The molecule has 2 heterocycles. The maximum atomic E-state index is 11.8. The van der Waals surface area contributed by atoms with Crippen LogP contribution in [-0.2, 0) is 4.74 Å². The Labute approximate surface area is 118 Å². The van der Waals surface area contributed by atoms with Crippen molar-refractivity contribution in [3.63, 3.8) is 0 Å². The maximum absolute atomic E-state index is 11.8. The summed E-state index contributed by atoms with van der Waals surface area (Å²) < 4.78 is 5.13. The Morgan fingerprint density at radius 3 is 2.75 bits per heavy atom. The minimum Gasteiger partial charge on any atom is -0.388 e. The first-order valence-electron chi connectivity index (χ1n) is 5.80. The molecule has 0 amide bonds. The third-order valence-corrected chi connectivity index (χ3v) is 3.49. The van der Waals surface area contributed by atoms with Gasteiger partial charge >= 0.3 is 0 Å². The van der Waals surface area contributed by atoms with Crippen LogP contribution in [0.3, 0.4) is 0 Å². The van der Waals surface area contributed by atoms with Crippen molar-refractivity contribution in [3.8, 4) is 0 Å². The van der Waals surface area contributed by atoms with E-state index in [1.54, 1.807) is 6.26 Å². The summed E-state index contributed by atoms with van der Waals surface area (Å²) in [6.45, 7) is -0.177. The lowest BCUT2D eigenvalue weighted by Gasteiger charge is -2.35. The minimum absolute atomic E-state index is 0.0467. The van der Waals surface area contributed by atoms with Crippen LogP contribution in [-0.4, -0.2) is 62.7 Å². The van der Waals surface area contributed by atoms with Gasteiger partial charge in [-0.15, -0.1) is 0 Å². The van der Waals surface area contributed by atoms with E-state index in [0.717, 1.165) is 0 Å². The Balaban J connectivity index is 2.20. The third-order valence-electron chi connectivity index (χ3n) is 2.91. The molecule has 1 aliphatic rings. The van der Waals surface area contributed by atoms with Crippen molar-refractivity contribution in [1.29, 1.82) is 0 Å². The predicted octanol–water partition coefficient (Wildman–Crippen LogP) is -2.08. The molecule has 0 aliphatic carbocycles. The first-order valence-corrected chi connectivity index (χ1v) is 7.02. The van der Waals surface area contributed by atoms with E-state index < -0.39 is 30.1 Å². The van der Waals surface area contributed by atoms with Crippen molar-refractivity contribution >= 4 is 23.3 Å².